The van der Waals surface area contributed by atoms with Crippen molar-refractivity contribution >= 4 is 17.9 Å². The van der Waals surface area contributed by atoms with E-state index < -0.39 is 42.0 Å². The molecule has 1 saturated carbocycles. The van der Waals surface area contributed by atoms with Gasteiger partial charge in [0.2, 0.25) is 6.29 Å². The van der Waals surface area contributed by atoms with E-state index in [0.717, 1.165) is 0 Å². The molecule has 0 spiro atoms. The van der Waals surface area contributed by atoms with Crippen LogP contribution in [0.25, 0.3) is 0 Å². The molecule has 0 radical (unpaired) electrons. The Kier molecular flexibility index (Phi) is 1.85. The van der Waals surface area contributed by atoms with Crippen molar-refractivity contribution < 1.29 is 29.0 Å². The molecule has 5 atom stereocenters. The second-order valence-corrected chi connectivity index (χ2v) is 4.51. The van der Waals surface area contributed by atoms with Gasteiger partial charge in [-0.2, -0.15) is 0 Å². The zero-order valence-electron chi connectivity index (χ0n) is 8.29. The van der Waals surface area contributed by atoms with E-state index in [4.69, 9.17) is 0 Å². The van der Waals surface area contributed by atoms with Crippen molar-refractivity contribution in [2.24, 2.45) is 23.7 Å². The first-order chi connectivity index (χ1) is 7.58. The number of ether oxygens (including phenoxy) is 2. The van der Waals surface area contributed by atoms with Crippen LogP contribution in [0, 0.1) is 23.7 Å². The summed E-state index contributed by atoms with van der Waals surface area (Å²) in [5.74, 6) is -3.77. The second-order valence-electron chi connectivity index (χ2n) is 4.51. The fraction of sp³-hybridized carbons (Fsp3) is 0.700. The highest BCUT2D eigenvalue weighted by Gasteiger charge is 2.60. The minimum absolute atomic E-state index is 0.208. The van der Waals surface area contributed by atoms with E-state index in [9.17, 15) is 19.5 Å². The molecule has 2 saturated heterocycles. The van der Waals surface area contributed by atoms with Crippen molar-refractivity contribution in [3.8, 4) is 0 Å². The first-order valence-corrected chi connectivity index (χ1v) is 5.22. The van der Waals surface area contributed by atoms with Gasteiger partial charge < -0.3 is 14.6 Å². The number of hydrogen-bond donors (Lipinski definition) is 1. The predicted molar refractivity (Wildman–Crippen MR) is 46.4 cm³/mol. The van der Waals surface area contributed by atoms with E-state index in [1.807, 2.05) is 0 Å². The summed E-state index contributed by atoms with van der Waals surface area (Å²) in [7, 11) is 0. The highest BCUT2D eigenvalue weighted by atomic mass is 16.6. The summed E-state index contributed by atoms with van der Waals surface area (Å²) in [6.45, 7) is 0. The number of carbonyl (C=O) groups is 3. The number of hydrogen-bond acceptors (Lipinski definition) is 6. The summed E-state index contributed by atoms with van der Waals surface area (Å²) in [6, 6.07) is 0. The lowest BCUT2D eigenvalue weighted by Crippen LogP contribution is -2.39. The molecular formula is C10H10O6. The Balaban J connectivity index is 1.99. The quantitative estimate of drug-likeness (QED) is 0.429. The maximum Gasteiger partial charge on any atom is 0.317 e. The van der Waals surface area contributed by atoms with Gasteiger partial charge in [0, 0.05) is 6.42 Å². The summed E-state index contributed by atoms with van der Waals surface area (Å²) < 4.78 is 9.27. The number of rotatable bonds is 0. The normalized spacial score (nSPS) is 46.1. The zero-order valence-corrected chi connectivity index (χ0v) is 8.29. The van der Waals surface area contributed by atoms with Gasteiger partial charge in [0.25, 0.3) is 0 Å². The Morgan fingerprint density at radius 2 is 1.69 bits per heavy atom. The molecule has 86 valence electrons. The van der Waals surface area contributed by atoms with Crippen LogP contribution in [-0.4, -0.2) is 29.3 Å². The lowest BCUT2D eigenvalue weighted by molar-refractivity contribution is -0.192. The molecule has 3 rings (SSSR count). The fourth-order valence-electron chi connectivity index (χ4n) is 3.05. The first kappa shape index (κ1) is 9.77. The third-order valence-corrected chi connectivity index (χ3v) is 3.72. The second kappa shape index (κ2) is 3.04. The predicted octanol–water partition coefficient (Wildman–Crippen LogP) is -0.796. The summed E-state index contributed by atoms with van der Waals surface area (Å²) >= 11 is 0. The van der Waals surface area contributed by atoms with Gasteiger partial charge >= 0.3 is 17.9 Å². The van der Waals surface area contributed by atoms with Gasteiger partial charge in [-0.25, -0.2) is 0 Å². The SMILES string of the molecule is O=C1OC(=O)C2CC1C1CC(O)OC(=O)C21. The third kappa shape index (κ3) is 1.13. The van der Waals surface area contributed by atoms with E-state index in [-0.39, 0.29) is 12.3 Å². The molecule has 6 nitrogen and oxygen atoms in total. The van der Waals surface area contributed by atoms with E-state index in [1.54, 1.807) is 0 Å². The standard InChI is InChI=1S/C10H10O6/c11-6-2-3-4-1-5(7(3)10(14)15-6)9(13)16-8(4)12/h3-7,11H,1-2H2. The van der Waals surface area contributed by atoms with Crippen molar-refractivity contribution in [1.29, 1.82) is 0 Å². The van der Waals surface area contributed by atoms with Crippen molar-refractivity contribution in [1.82, 2.24) is 0 Å². The average Bonchev–Trinajstić information content (AvgIpc) is 2.52. The van der Waals surface area contributed by atoms with Gasteiger partial charge in [-0.3, -0.25) is 14.4 Å². The van der Waals surface area contributed by atoms with E-state index >= 15 is 0 Å². The van der Waals surface area contributed by atoms with Gasteiger partial charge in [0.1, 0.15) is 0 Å². The first-order valence-electron chi connectivity index (χ1n) is 5.22. The molecule has 2 aliphatic heterocycles. The summed E-state index contributed by atoms with van der Waals surface area (Å²) in [5.41, 5.74) is 0. The highest BCUT2D eigenvalue weighted by molar-refractivity contribution is 5.96. The van der Waals surface area contributed by atoms with Crippen molar-refractivity contribution in [2.75, 3.05) is 0 Å². The van der Waals surface area contributed by atoms with Crippen LogP contribution in [0.5, 0.6) is 0 Å². The summed E-state index contributed by atoms with van der Waals surface area (Å²) in [5, 5.41) is 9.32. The molecule has 0 amide bonds. The topological polar surface area (TPSA) is 89.9 Å². The minimum Gasteiger partial charge on any atom is -0.436 e. The Morgan fingerprint density at radius 1 is 1.00 bits per heavy atom. The lowest BCUT2D eigenvalue weighted by atomic mass is 9.83. The molecule has 5 unspecified atom stereocenters. The molecule has 3 aliphatic rings. The number of aliphatic hydroxyl groups excluding tert-OH is 1. The van der Waals surface area contributed by atoms with Crippen LogP contribution in [-0.2, 0) is 23.9 Å². The Morgan fingerprint density at radius 3 is 2.44 bits per heavy atom. The highest BCUT2D eigenvalue weighted by Crippen LogP contribution is 2.50. The number of aliphatic hydroxyl groups is 1. The van der Waals surface area contributed by atoms with Crippen LogP contribution in [0.1, 0.15) is 12.8 Å². The number of fused-ring (bicyclic) bond motifs is 5. The molecule has 6 heteroatoms. The summed E-state index contributed by atoms with van der Waals surface area (Å²) in [4.78, 5) is 34.5. The van der Waals surface area contributed by atoms with Gasteiger partial charge in [-0.05, 0) is 12.3 Å². The Hall–Kier alpha value is -1.43. The summed E-state index contributed by atoms with van der Waals surface area (Å²) in [6.07, 6.45) is -0.620. The molecule has 1 N–H and O–H groups in total. The van der Waals surface area contributed by atoms with Crippen molar-refractivity contribution in [3.05, 3.63) is 0 Å². The van der Waals surface area contributed by atoms with Crippen molar-refractivity contribution in [3.63, 3.8) is 0 Å². The molecule has 0 aromatic rings. The molecular weight excluding hydrogens is 216 g/mol. The molecule has 0 aromatic carbocycles. The van der Waals surface area contributed by atoms with Crippen LogP contribution in [0.3, 0.4) is 0 Å². The van der Waals surface area contributed by atoms with Crippen LogP contribution >= 0.6 is 0 Å². The van der Waals surface area contributed by atoms with Gasteiger partial charge in [-0.1, -0.05) is 0 Å². The molecule has 2 bridgehead atoms. The molecule has 1 aliphatic carbocycles. The monoisotopic (exact) mass is 226 g/mol. The number of carbonyl (C=O) groups excluding carboxylic acids is 3. The smallest absolute Gasteiger partial charge is 0.317 e. The van der Waals surface area contributed by atoms with E-state index in [0.29, 0.717) is 6.42 Å². The van der Waals surface area contributed by atoms with Crippen LogP contribution in [0.15, 0.2) is 0 Å². The lowest BCUT2D eigenvalue weighted by Gasteiger charge is -2.29. The zero-order chi connectivity index (χ0) is 11.4. The third-order valence-electron chi connectivity index (χ3n) is 3.72. The minimum atomic E-state index is -1.17. The maximum atomic E-state index is 11.6. The molecule has 2 heterocycles. The van der Waals surface area contributed by atoms with Gasteiger partial charge in [0.05, 0.1) is 17.8 Å². The number of cyclic esters (lactones) is 3. The van der Waals surface area contributed by atoms with Crippen molar-refractivity contribution in [2.45, 2.75) is 19.1 Å². The molecule has 0 aromatic heterocycles. The Bertz CT molecular complexity index is 389. The van der Waals surface area contributed by atoms with E-state index in [1.165, 1.54) is 0 Å². The van der Waals surface area contributed by atoms with Gasteiger partial charge in [-0.15, -0.1) is 0 Å². The fourth-order valence-corrected chi connectivity index (χ4v) is 3.05. The maximum absolute atomic E-state index is 11.6. The average molecular weight is 226 g/mol. The van der Waals surface area contributed by atoms with E-state index in [2.05, 4.69) is 9.47 Å². The Labute approximate surface area is 90.5 Å². The van der Waals surface area contributed by atoms with Gasteiger partial charge in [0.15, 0.2) is 0 Å². The largest absolute Gasteiger partial charge is 0.436 e. The number of esters is 3. The molecule has 16 heavy (non-hydrogen) atoms. The van der Waals surface area contributed by atoms with Crippen LogP contribution in [0.4, 0.5) is 0 Å². The van der Waals surface area contributed by atoms with Crippen LogP contribution < -0.4 is 0 Å². The van der Waals surface area contributed by atoms with Crippen LogP contribution in [0.2, 0.25) is 0 Å². The molecule has 3 fully saturated rings.